The third-order valence-corrected chi connectivity index (χ3v) is 3.47. The molecule has 5 heteroatoms. The molecule has 0 aromatic carbocycles. The van der Waals surface area contributed by atoms with Crippen LogP contribution in [-0.4, -0.2) is 34.8 Å². The molecule has 1 aromatic heterocycles. The maximum absolute atomic E-state index is 12.3. The van der Waals surface area contributed by atoms with E-state index in [1.807, 2.05) is 12.1 Å². The van der Waals surface area contributed by atoms with Crippen molar-refractivity contribution < 1.29 is 9.59 Å². The molecule has 108 valence electrons. The minimum Gasteiger partial charge on any atom is -0.355 e. The summed E-state index contributed by atoms with van der Waals surface area (Å²) < 4.78 is 0. The molecule has 1 unspecified atom stereocenters. The molecule has 1 aliphatic rings. The van der Waals surface area contributed by atoms with E-state index in [0.717, 1.165) is 11.3 Å². The van der Waals surface area contributed by atoms with E-state index in [2.05, 4.69) is 24.1 Å². The van der Waals surface area contributed by atoms with Crippen molar-refractivity contribution in [2.24, 2.45) is 5.92 Å². The molecule has 0 saturated carbocycles. The highest BCUT2D eigenvalue weighted by Gasteiger charge is 2.32. The van der Waals surface area contributed by atoms with Gasteiger partial charge in [0.15, 0.2) is 0 Å². The first kappa shape index (κ1) is 14.5. The van der Waals surface area contributed by atoms with Crippen molar-refractivity contribution in [3.8, 4) is 0 Å². The Morgan fingerprint density at radius 2 is 2.25 bits per heavy atom. The summed E-state index contributed by atoms with van der Waals surface area (Å²) in [4.78, 5) is 30.0. The van der Waals surface area contributed by atoms with Crippen LogP contribution < -0.4 is 5.32 Å². The molecule has 2 rings (SSSR count). The van der Waals surface area contributed by atoms with Crippen LogP contribution in [0.3, 0.4) is 0 Å². The molecule has 1 aromatic rings. The highest BCUT2D eigenvalue weighted by molar-refractivity contribution is 5.85. The lowest BCUT2D eigenvalue weighted by atomic mass is 9.93. The van der Waals surface area contributed by atoms with Gasteiger partial charge in [-0.1, -0.05) is 19.9 Å². The third kappa shape index (κ3) is 3.15. The predicted molar refractivity (Wildman–Crippen MR) is 75.9 cm³/mol. The summed E-state index contributed by atoms with van der Waals surface area (Å²) in [5.41, 5.74) is 1.75. The van der Waals surface area contributed by atoms with Crippen LogP contribution in [0, 0.1) is 5.92 Å². The standard InChI is InChI=1S/C15H21N3O2/c1-10(2)7-17-15(20)13-9-18(11(3)19)8-12-5-4-6-16-14(12)13/h4-6,10,13H,7-9H2,1-3H3,(H,17,20). The van der Waals surface area contributed by atoms with Crippen LogP contribution in [0.4, 0.5) is 0 Å². The summed E-state index contributed by atoms with van der Waals surface area (Å²) in [7, 11) is 0. The van der Waals surface area contributed by atoms with Crippen molar-refractivity contribution in [2.75, 3.05) is 13.1 Å². The second-order valence-corrected chi connectivity index (χ2v) is 5.64. The zero-order chi connectivity index (χ0) is 14.7. The fourth-order valence-electron chi connectivity index (χ4n) is 2.35. The molecule has 0 fully saturated rings. The van der Waals surface area contributed by atoms with Crippen LogP contribution in [0.25, 0.3) is 0 Å². The molecular formula is C15H21N3O2. The predicted octanol–water partition coefficient (Wildman–Crippen LogP) is 1.30. The van der Waals surface area contributed by atoms with Gasteiger partial charge >= 0.3 is 0 Å². The Balaban J connectivity index is 2.22. The minimum absolute atomic E-state index is 0.0128. The van der Waals surface area contributed by atoms with E-state index in [1.54, 1.807) is 11.1 Å². The summed E-state index contributed by atoms with van der Waals surface area (Å²) in [6.45, 7) is 7.21. The number of fused-ring (bicyclic) bond motifs is 1. The molecular weight excluding hydrogens is 254 g/mol. The molecule has 5 nitrogen and oxygen atoms in total. The number of amides is 2. The number of rotatable bonds is 3. The van der Waals surface area contributed by atoms with Crippen LogP contribution >= 0.6 is 0 Å². The van der Waals surface area contributed by atoms with Crippen LogP contribution in [-0.2, 0) is 16.1 Å². The first-order valence-corrected chi connectivity index (χ1v) is 6.96. The van der Waals surface area contributed by atoms with E-state index in [9.17, 15) is 9.59 Å². The Kier molecular flexibility index (Phi) is 4.37. The van der Waals surface area contributed by atoms with Crippen molar-refractivity contribution in [1.82, 2.24) is 15.2 Å². The van der Waals surface area contributed by atoms with Crippen molar-refractivity contribution in [1.29, 1.82) is 0 Å². The number of carbonyl (C=O) groups excluding carboxylic acids is 2. The van der Waals surface area contributed by atoms with Crippen molar-refractivity contribution in [2.45, 2.75) is 33.2 Å². The SMILES string of the molecule is CC(=O)N1Cc2cccnc2C(C(=O)NCC(C)C)C1. The topological polar surface area (TPSA) is 62.3 Å². The van der Waals surface area contributed by atoms with Gasteiger partial charge < -0.3 is 10.2 Å². The molecule has 0 bridgehead atoms. The van der Waals surface area contributed by atoms with E-state index < -0.39 is 0 Å². The quantitative estimate of drug-likeness (QED) is 0.904. The molecule has 0 aliphatic carbocycles. The van der Waals surface area contributed by atoms with Gasteiger partial charge in [0.25, 0.3) is 0 Å². The fraction of sp³-hybridized carbons (Fsp3) is 0.533. The minimum atomic E-state index is -0.373. The van der Waals surface area contributed by atoms with Crippen LogP contribution in [0.1, 0.15) is 37.9 Å². The monoisotopic (exact) mass is 275 g/mol. The lowest BCUT2D eigenvalue weighted by molar-refractivity contribution is -0.131. The third-order valence-electron chi connectivity index (χ3n) is 3.47. The lowest BCUT2D eigenvalue weighted by Gasteiger charge is -2.32. The van der Waals surface area contributed by atoms with Crippen molar-refractivity contribution in [3.63, 3.8) is 0 Å². The van der Waals surface area contributed by atoms with Gasteiger partial charge in [-0.2, -0.15) is 0 Å². The first-order valence-electron chi connectivity index (χ1n) is 6.96. The molecule has 0 spiro atoms. The largest absolute Gasteiger partial charge is 0.355 e. The van der Waals surface area contributed by atoms with Gasteiger partial charge in [-0.3, -0.25) is 14.6 Å². The zero-order valence-electron chi connectivity index (χ0n) is 12.2. The number of aromatic nitrogens is 1. The van der Waals surface area contributed by atoms with Gasteiger partial charge in [-0.25, -0.2) is 0 Å². The van der Waals surface area contributed by atoms with Crippen molar-refractivity contribution in [3.05, 3.63) is 29.6 Å². The summed E-state index contributed by atoms with van der Waals surface area (Å²) in [6.07, 6.45) is 1.70. The Labute approximate surface area is 119 Å². The Hall–Kier alpha value is -1.91. The van der Waals surface area contributed by atoms with Gasteiger partial charge in [0.2, 0.25) is 11.8 Å². The summed E-state index contributed by atoms with van der Waals surface area (Å²) in [6, 6.07) is 3.77. The summed E-state index contributed by atoms with van der Waals surface area (Å²) >= 11 is 0. The smallest absolute Gasteiger partial charge is 0.230 e. The molecule has 0 radical (unpaired) electrons. The number of hydrogen-bond donors (Lipinski definition) is 1. The van der Waals surface area contributed by atoms with Gasteiger partial charge in [0, 0.05) is 32.8 Å². The number of nitrogens with one attached hydrogen (secondary N) is 1. The summed E-state index contributed by atoms with van der Waals surface area (Å²) in [5, 5.41) is 2.94. The van der Waals surface area contributed by atoms with Crippen LogP contribution in [0.15, 0.2) is 18.3 Å². The second kappa shape index (κ2) is 6.03. The molecule has 2 heterocycles. The normalized spacial score (nSPS) is 17.8. The average molecular weight is 275 g/mol. The van der Waals surface area contributed by atoms with Crippen molar-refractivity contribution >= 4 is 11.8 Å². The molecule has 2 amide bonds. The second-order valence-electron chi connectivity index (χ2n) is 5.64. The zero-order valence-corrected chi connectivity index (χ0v) is 12.2. The van der Waals surface area contributed by atoms with Gasteiger partial charge in [0.05, 0.1) is 11.6 Å². The molecule has 1 N–H and O–H groups in total. The Bertz CT molecular complexity index is 514. The molecule has 0 saturated heterocycles. The maximum atomic E-state index is 12.3. The lowest BCUT2D eigenvalue weighted by Crippen LogP contribution is -2.44. The average Bonchev–Trinajstić information content (AvgIpc) is 2.43. The molecule has 1 aliphatic heterocycles. The molecule has 1 atom stereocenters. The van der Waals surface area contributed by atoms with Crippen LogP contribution in [0.2, 0.25) is 0 Å². The van der Waals surface area contributed by atoms with Crippen LogP contribution in [0.5, 0.6) is 0 Å². The van der Waals surface area contributed by atoms with E-state index in [0.29, 0.717) is 25.6 Å². The Morgan fingerprint density at radius 3 is 2.90 bits per heavy atom. The van der Waals surface area contributed by atoms with Gasteiger partial charge in [0.1, 0.15) is 0 Å². The highest BCUT2D eigenvalue weighted by Crippen LogP contribution is 2.26. The maximum Gasteiger partial charge on any atom is 0.230 e. The number of hydrogen-bond acceptors (Lipinski definition) is 3. The highest BCUT2D eigenvalue weighted by atomic mass is 16.2. The van der Waals surface area contributed by atoms with E-state index in [4.69, 9.17) is 0 Å². The number of pyridine rings is 1. The fourth-order valence-corrected chi connectivity index (χ4v) is 2.35. The number of nitrogens with zero attached hydrogens (tertiary/aromatic N) is 2. The van der Waals surface area contributed by atoms with Gasteiger partial charge in [-0.05, 0) is 17.5 Å². The summed E-state index contributed by atoms with van der Waals surface area (Å²) in [5.74, 6) is -0.0389. The van der Waals surface area contributed by atoms with E-state index >= 15 is 0 Å². The Morgan fingerprint density at radius 1 is 1.50 bits per heavy atom. The van der Waals surface area contributed by atoms with Gasteiger partial charge in [-0.15, -0.1) is 0 Å². The van der Waals surface area contributed by atoms with E-state index in [1.165, 1.54) is 6.92 Å². The number of carbonyl (C=O) groups is 2. The first-order chi connectivity index (χ1) is 9.49. The molecule has 20 heavy (non-hydrogen) atoms. The van der Waals surface area contributed by atoms with E-state index in [-0.39, 0.29) is 17.7 Å².